The minimum atomic E-state index is -3.61. The van der Waals surface area contributed by atoms with Gasteiger partial charge in [-0.15, -0.1) is 0 Å². The van der Waals surface area contributed by atoms with Crippen LogP contribution in [0.25, 0.3) is 0 Å². The van der Waals surface area contributed by atoms with Crippen molar-refractivity contribution in [2.75, 3.05) is 34.2 Å². The van der Waals surface area contributed by atoms with Gasteiger partial charge in [-0.1, -0.05) is 6.92 Å². The molecule has 3 unspecified atom stereocenters. The Labute approximate surface area is 207 Å². The van der Waals surface area contributed by atoms with Crippen LogP contribution in [0.15, 0.2) is 29.2 Å². The van der Waals surface area contributed by atoms with Crippen molar-refractivity contribution < 1.29 is 36.8 Å². The molecule has 0 saturated carbocycles. The van der Waals surface area contributed by atoms with Crippen molar-refractivity contribution in [3.05, 3.63) is 35.4 Å². The van der Waals surface area contributed by atoms with Crippen LogP contribution in [0, 0.1) is 0 Å². The monoisotopic (exact) mass is 509 g/mol. The second-order valence-electron chi connectivity index (χ2n) is 8.44. The molecular weight excluding hydrogens is 474 g/mol. The summed E-state index contributed by atoms with van der Waals surface area (Å²) in [6.45, 7) is 3.96. The van der Waals surface area contributed by atoms with E-state index in [0.717, 1.165) is 18.2 Å². The zero-order chi connectivity index (χ0) is 25.8. The van der Waals surface area contributed by atoms with E-state index in [1.165, 1.54) is 0 Å². The standard InChI is InChI=1S/C25H35NO8S/c1-7-10-32-25-22(33-15(2)26)13-17(14-23(25)35(6,27)28)19-9-8-18(34-19)16-11-20(29-3)24(31-5)21(12-16)30-4/h11-15,18-19H,7-10,26H2,1-6H3. The van der Waals surface area contributed by atoms with Crippen LogP contribution in [0.1, 0.15) is 56.4 Å². The Morgan fingerprint density at radius 2 is 1.49 bits per heavy atom. The maximum atomic E-state index is 12.7. The SMILES string of the molecule is CCCOc1c(OC(C)N)cc(C2CCC(c3cc(OC)c(OC)c(OC)c3)O2)cc1S(C)(=O)=O. The van der Waals surface area contributed by atoms with Crippen LogP contribution in [0.3, 0.4) is 0 Å². The predicted octanol–water partition coefficient (Wildman–Crippen LogP) is 4.18. The van der Waals surface area contributed by atoms with Gasteiger partial charge in [0.15, 0.2) is 32.8 Å². The van der Waals surface area contributed by atoms with Crippen LogP contribution in [-0.4, -0.2) is 48.8 Å². The molecule has 0 aliphatic carbocycles. The zero-order valence-electron chi connectivity index (χ0n) is 21.1. The number of hydrogen-bond donors (Lipinski definition) is 1. The number of sulfone groups is 1. The number of rotatable bonds is 11. The first-order chi connectivity index (χ1) is 16.6. The van der Waals surface area contributed by atoms with E-state index in [4.69, 9.17) is 34.2 Å². The molecular formula is C25H35NO8S. The maximum Gasteiger partial charge on any atom is 0.203 e. The summed E-state index contributed by atoms with van der Waals surface area (Å²) in [7, 11) is 1.07. The summed E-state index contributed by atoms with van der Waals surface area (Å²) in [5.41, 5.74) is 7.42. The molecule has 194 valence electrons. The molecule has 1 aliphatic rings. The Kier molecular flexibility index (Phi) is 8.74. The second kappa shape index (κ2) is 11.4. The average Bonchev–Trinajstić information content (AvgIpc) is 3.31. The second-order valence-corrected chi connectivity index (χ2v) is 10.4. The Morgan fingerprint density at radius 1 is 0.943 bits per heavy atom. The molecule has 1 saturated heterocycles. The van der Waals surface area contributed by atoms with Crippen molar-refractivity contribution in [1.29, 1.82) is 0 Å². The normalized spacial score (nSPS) is 18.7. The summed E-state index contributed by atoms with van der Waals surface area (Å²) in [6, 6.07) is 7.09. The molecule has 0 aromatic heterocycles. The van der Waals surface area contributed by atoms with Crippen molar-refractivity contribution >= 4 is 9.84 Å². The number of ether oxygens (including phenoxy) is 6. The maximum absolute atomic E-state index is 12.7. The summed E-state index contributed by atoms with van der Waals surface area (Å²) in [5.74, 6) is 2.05. The Balaban J connectivity index is 1.99. The number of benzene rings is 2. The van der Waals surface area contributed by atoms with E-state index < -0.39 is 16.1 Å². The van der Waals surface area contributed by atoms with Crippen molar-refractivity contribution in [3.8, 4) is 28.7 Å². The fourth-order valence-corrected chi connectivity index (χ4v) is 4.95. The third-order valence-corrected chi connectivity index (χ3v) is 6.76. The molecule has 2 N–H and O–H groups in total. The van der Waals surface area contributed by atoms with Gasteiger partial charge in [-0.2, -0.15) is 0 Å². The van der Waals surface area contributed by atoms with Gasteiger partial charge in [-0.3, -0.25) is 5.73 Å². The molecule has 0 radical (unpaired) electrons. The van der Waals surface area contributed by atoms with E-state index >= 15 is 0 Å². The van der Waals surface area contributed by atoms with E-state index in [2.05, 4.69) is 0 Å². The minimum Gasteiger partial charge on any atom is -0.493 e. The van der Waals surface area contributed by atoms with Crippen LogP contribution >= 0.6 is 0 Å². The number of methoxy groups -OCH3 is 3. The van der Waals surface area contributed by atoms with Gasteiger partial charge in [0.2, 0.25) is 5.75 Å². The molecule has 2 aromatic carbocycles. The molecule has 3 rings (SSSR count). The van der Waals surface area contributed by atoms with E-state index in [-0.39, 0.29) is 28.6 Å². The highest BCUT2D eigenvalue weighted by Crippen LogP contribution is 2.48. The summed E-state index contributed by atoms with van der Waals surface area (Å²) in [4.78, 5) is 0.0546. The molecule has 1 aliphatic heterocycles. The topological polar surface area (TPSA) is 116 Å². The van der Waals surface area contributed by atoms with Crippen molar-refractivity contribution in [3.63, 3.8) is 0 Å². The lowest BCUT2D eigenvalue weighted by Crippen LogP contribution is -2.23. The fourth-order valence-electron chi connectivity index (χ4n) is 4.11. The molecule has 2 aromatic rings. The van der Waals surface area contributed by atoms with Crippen molar-refractivity contribution in [1.82, 2.24) is 0 Å². The van der Waals surface area contributed by atoms with Gasteiger partial charge in [0, 0.05) is 6.26 Å². The number of nitrogens with two attached hydrogens (primary N) is 1. The van der Waals surface area contributed by atoms with Crippen LogP contribution in [-0.2, 0) is 14.6 Å². The highest BCUT2D eigenvalue weighted by atomic mass is 32.2. The molecule has 1 fully saturated rings. The largest absolute Gasteiger partial charge is 0.493 e. The van der Waals surface area contributed by atoms with Gasteiger partial charge in [-0.05, 0) is 61.6 Å². The smallest absolute Gasteiger partial charge is 0.203 e. The summed E-state index contributed by atoms with van der Waals surface area (Å²) in [5, 5.41) is 0. The lowest BCUT2D eigenvalue weighted by atomic mass is 10.0. The quantitative estimate of drug-likeness (QED) is 0.445. The van der Waals surface area contributed by atoms with E-state index in [9.17, 15) is 8.42 Å². The third kappa shape index (κ3) is 6.12. The molecule has 0 spiro atoms. The first-order valence-corrected chi connectivity index (χ1v) is 13.4. The fraction of sp³-hybridized carbons (Fsp3) is 0.520. The molecule has 0 amide bonds. The highest BCUT2D eigenvalue weighted by Gasteiger charge is 2.32. The Morgan fingerprint density at radius 3 is 1.94 bits per heavy atom. The molecule has 10 heteroatoms. The molecule has 35 heavy (non-hydrogen) atoms. The van der Waals surface area contributed by atoms with Gasteiger partial charge in [0.05, 0.1) is 40.1 Å². The summed E-state index contributed by atoms with van der Waals surface area (Å²) in [6.07, 6.45) is 2.00. The minimum absolute atomic E-state index is 0.0546. The van der Waals surface area contributed by atoms with Gasteiger partial charge in [0.25, 0.3) is 0 Å². The van der Waals surface area contributed by atoms with Crippen LogP contribution < -0.4 is 29.4 Å². The summed E-state index contributed by atoms with van der Waals surface area (Å²) < 4.78 is 59.6. The highest BCUT2D eigenvalue weighted by molar-refractivity contribution is 7.90. The van der Waals surface area contributed by atoms with Gasteiger partial charge in [-0.25, -0.2) is 8.42 Å². The third-order valence-electron chi connectivity index (χ3n) is 5.66. The molecule has 1 heterocycles. The van der Waals surface area contributed by atoms with Crippen LogP contribution in [0.2, 0.25) is 0 Å². The first kappa shape index (κ1) is 26.9. The molecule has 0 bridgehead atoms. The van der Waals surface area contributed by atoms with Crippen LogP contribution in [0.5, 0.6) is 28.7 Å². The van der Waals surface area contributed by atoms with Crippen molar-refractivity contribution in [2.45, 2.75) is 56.4 Å². The van der Waals surface area contributed by atoms with Crippen LogP contribution in [0.4, 0.5) is 0 Å². The Hall–Kier alpha value is -2.69. The number of hydrogen-bond acceptors (Lipinski definition) is 9. The molecule has 9 nitrogen and oxygen atoms in total. The van der Waals surface area contributed by atoms with Gasteiger partial charge in [0.1, 0.15) is 11.1 Å². The van der Waals surface area contributed by atoms with E-state index in [0.29, 0.717) is 42.3 Å². The zero-order valence-corrected chi connectivity index (χ0v) is 21.9. The van der Waals surface area contributed by atoms with E-state index in [1.54, 1.807) is 40.4 Å². The lowest BCUT2D eigenvalue weighted by Gasteiger charge is -2.21. The lowest BCUT2D eigenvalue weighted by molar-refractivity contribution is 0.0434. The van der Waals surface area contributed by atoms with E-state index in [1.807, 2.05) is 19.1 Å². The Bertz CT molecular complexity index is 1110. The van der Waals surface area contributed by atoms with Crippen molar-refractivity contribution in [2.24, 2.45) is 5.73 Å². The van der Waals surface area contributed by atoms with Gasteiger partial charge >= 0.3 is 0 Å². The first-order valence-electron chi connectivity index (χ1n) is 11.5. The summed E-state index contributed by atoms with van der Waals surface area (Å²) >= 11 is 0. The van der Waals surface area contributed by atoms with Gasteiger partial charge < -0.3 is 28.4 Å². The average molecular weight is 510 g/mol. The predicted molar refractivity (Wildman–Crippen MR) is 132 cm³/mol. The molecule has 3 atom stereocenters.